The van der Waals surface area contributed by atoms with E-state index >= 15 is 0 Å². The zero-order valence-corrected chi connectivity index (χ0v) is 7.04. The molecule has 0 aliphatic carbocycles. The summed E-state index contributed by atoms with van der Waals surface area (Å²) < 4.78 is 0. The Morgan fingerprint density at radius 2 is 2.20 bits per heavy atom. The lowest BCUT2D eigenvalue weighted by Crippen LogP contribution is -1.94. The topological polar surface area (TPSA) is 12.9 Å². The van der Waals surface area contributed by atoms with E-state index in [0.29, 0.717) is 0 Å². The van der Waals surface area contributed by atoms with Crippen molar-refractivity contribution in [1.29, 1.82) is 0 Å². The van der Waals surface area contributed by atoms with Gasteiger partial charge >= 0.3 is 0 Å². The Morgan fingerprint density at radius 3 is 3.10 bits per heavy atom. The van der Waals surface area contributed by atoms with E-state index in [2.05, 4.69) is 11.1 Å². The fourth-order valence-corrected chi connectivity index (χ4v) is 3.01. The number of hydrogen-bond donors (Lipinski definition) is 0. The standard InChI is InChI=1S/C7H7NS2/c1-2-6-7(8-3-1)10-5-4-9-6/h1-3H,4-5H2. The normalized spacial score (nSPS) is 16.4. The Labute approximate surface area is 68.6 Å². The molecule has 0 amide bonds. The first kappa shape index (κ1) is 6.55. The van der Waals surface area contributed by atoms with Crippen LogP contribution in [0, 0.1) is 0 Å². The van der Waals surface area contributed by atoms with E-state index in [-0.39, 0.29) is 0 Å². The van der Waals surface area contributed by atoms with Gasteiger partial charge in [-0.3, -0.25) is 0 Å². The van der Waals surface area contributed by atoms with Crippen molar-refractivity contribution in [3.05, 3.63) is 18.3 Å². The van der Waals surface area contributed by atoms with Crippen molar-refractivity contribution in [2.75, 3.05) is 11.5 Å². The third kappa shape index (κ3) is 1.16. The van der Waals surface area contributed by atoms with Crippen molar-refractivity contribution in [3.63, 3.8) is 0 Å². The Balaban J connectivity index is 2.41. The highest BCUT2D eigenvalue weighted by Crippen LogP contribution is 2.34. The maximum Gasteiger partial charge on any atom is 0.110 e. The molecule has 52 valence electrons. The molecule has 10 heavy (non-hydrogen) atoms. The molecule has 1 nitrogen and oxygen atoms in total. The molecular formula is C7H7NS2. The molecule has 0 atom stereocenters. The first-order valence-electron chi connectivity index (χ1n) is 3.17. The summed E-state index contributed by atoms with van der Waals surface area (Å²) in [7, 11) is 0. The molecule has 3 heteroatoms. The van der Waals surface area contributed by atoms with Crippen molar-refractivity contribution < 1.29 is 0 Å². The second-order valence-corrected chi connectivity index (χ2v) is 4.22. The van der Waals surface area contributed by atoms with E-state index in [1.165, 1.54) is 21.4 Å². The summed E-state index contributed by atoms with van der Waals surface area (Å²) in [5.74, 6) is 2.43. The lowest BCUT2D eigenvalue weighted by molar-refractivity contribution is 1.03. The van der Waals surface area contributed by atoms with E-state index in [1.54, 1.807) is 0 Å². The largest absolute Gasteiger partial charge is 0.249 e. The SMILES string of the molecule is c1cnc2c(c1)SCCS2. The van der Waals surface area contributed by atoms with Gasteiger partial charge in [0.05, 0.1) is 0 Å². The van der Waals surface area contributed by atoms with Gasteiger partial charge in [-0.25, -0.2) is 4.98 Å². The lowest BCUT2D eigenvalue weighted by atomic mass is 10.5. The van der Waals surface area contributed by atoms with Crippen LogP contribution in [0.5, 0.6) is 0 Å². The van der Waals surface area contributed by atoms with E-state index in [9.17, 15) is 0 Å². The summed E-state index contributed by atoms with van der Waals surface area (Å²) in [4.78, 5) is 5.61. The smallest absolute Gasteiger partial charge is 0.110 e. The predicted octanol–water partition coefficient (Wildman–Crippen LogP) is 2.28. The van der Waals surface area contributed by atoms with Gasteiger partial charge in [0.1, 0.15) is 5.03 Å². The number of thioether (sulfide) groups is 2. The van der Waals surface area contributed by atoms with Crippen LogP contribution in [-0.2, 0) is 0 Å². The predicted molar refractivity (Wildman–Crippen MR) is 45.7 cm³/mol. The van der Waals surface area contributed by atoms with Gasteiger partial charge in [-0.2, -0.15) is 0 Å². The number of nitrogens with zero attached hydrogens (tertiary/aromatic N) is 1. The quantitative estimate of drug-likeness (QED) is 0.591. The molecule has 0 spiro atoms. The minimum Gasteiger partial charge on any atom is -0.249 e. The molecule has 0 saturated carbocycles. The molecule has 0 N–H and O–H groups in total. The van der Waals surface area contributed by atoms with Gasteiger partial charge in [-0.15, -0.1) is 23.5 Å². The molecule has 1 aromatic heterocycles. The van der Waals surface area contributed by atoms with Crippen LogP contribution in [0.15, 0.2) is 28.3 Å². The third-order valence-electron chi connectivity index (χ3n) is 1.32. The molecule has 0 bridgehead atoms. The summed E-state index contributed by atoms with van der Waals surface area (Å²) in [5.41, 5.74) is 0. The van der Waals surface area contributed by atoms with Crippen molar-refractivity contribution in [1.82, 2.24) is 4.98 Å². The van der Waals surface area contributed by atoms with Crippen molar-refractivity contribution in [3.8, 4) is 0 Å². The first-order valence-corrected chi connectivity index (χ1v) is 5.14. The summed E-state index contributed by atoms with van der Waals surface area (Å²) >= 11 is 3.76. The van der Waals surface area contributed by atoms with Gasteiger partial charge in [0.25, 0.3) is 0 Å². The van der Waals surface area contributed by atoms with Gasteiger partial charge in [-0.05, 0) is 12.1 Å². The van der Waals surface area contributed by atoms with Crippen LogP contribution < -0.4 is 0 Å². The summed E-state index contributed by atoms with van der Waals surface area (Å²) in [6.07, 6.45) is 1.86. The van der Waals surface area contributed by atoms with E-state index < -0.39 is 0 Å². The third-order valence-corrected chi connectivity index (χ3v) is 3.76. The van der Waals surface area contributed by atoms with Crippen LogP contribution in [-0.4, -0.2) is 16.5 Å². The summed E-state index contributed by atoms with van der Waals surface area (Å²) in [6, 6.07) is 4.14. The molecular weight excluding hydrogens is 162 g/mol. The Bertz CT molecular complexity index is 212. The average molecular weight is 169 g/mol. The molecule has 1 aromatic rings. The lowest BCUT2D eigenvalue weighted by Gasteiger charge is -2.11. The maximum absolute atomic E-state index is 4.26. The molecule has 2 rings (SSSR count). The van der Waals surface area contributed by atoms with Crippen molar-refractivity contribution >= 4 is 23.5 Å². The number of fused-ring (bicyclic) bond motifs is 1. The first-order chi connectivity index (χ1) is 4.97. The van der Waals surface area contributed by atoms with Gasteiger partial charge in [0, 0.05) is 22.6 Å². The number of hydrogen-bond acceptors (Lipinski definition) is 3. The van der Waals surface area contributed by atoms with Crippen LogP contribution >= 0.6 is 23.5 Å². The molecule has 0 aromatic carbocycles. The second kappa shape index (κ2) is 2.84. The van der Waals surface area contributed by atoms with E-state index in [4.69, 9.17) is 0 Å². The molecule has 2 heterocycles. The minimum atomic E-state index is 1.20. The molecule has 0 unspecified atom stereocenters. The van der Waals surface area contributed by atoms with Gasteiger partial charge in [-0.1, -0.05) is 0 Å². The van der Waals surface area contributed by atoms with Crippen LogP contribution in [0.2, 0.25) is 0 Å². The van der Waals surface area contributed by atoms with Crippen molar-refractivity contribution in [2.24, 2.45) is 0 Å². The van der Waals surface area contributed by atoms with Gasteiger partial charge in [0.15, 0.2) is 0 Å². The summed E-state index contributed by atoms with van der Waals surface area (Å²) in [6.45, 7) is 0. The number of aromatic nitrogens is 1. The molecule has 1 aliphatic heterocycles. The van der Waals surface area contributed by atoms with Crippen LogP contribution in [0.4, 0.5) is 0 Å². The zero-order valence-electron chi connectivity index (χ0n) is 5.41. The maximum atomic E-state index is 4.26. The Hall–Kier alpha value is -0.150. The van der Waals surface area contributed by atoms with Crippen LogP contribution in [0.25, 0.3) is 0 Å². The molecule has 0 fully saturated rings. The molecule has 0 saturated heterocycles. The molecule has 1 aliphatic rings. The van der Waals surface area contributed by atoms with Crippen LogP contribution in [0.1, 0.15) is 0 Å². The second-order valence-electron chi connectivity index (χ2n) is 2.00. The Kier molecular flexibility index (Phi) is 1.86. The minimum absolute atomic E-state index is 1.20. The highest BCUT2D eigenvalue weighted by Gasteiger charge is 2.08. The highest BCUT2D eigenvalue weighted by atomic mass is 32.2. The average Bonchev–Trinajstić information content (AvgIpc) is 2.05. The van der Waals surface area contributed by atoms with Crippen molar-refractivity contribution in [2.45, 2.75) is 9.92 Å². The van der Waals surface area contributed by atoms with E-state index in [1.807, 2.05) is 35.8 Å². The van der Waals surface area contributed by atoms with Gasteiger partial charge < -0.3 is 0 Å². The van der Waals surface area contributed by atoms with E-state index in [0.717, 1.165) is 0 Å². The van der Waals surface area contributed by atoms with Crippen LogP contribution in [0.3, 0.4) is 0 Å². The summed E-state index contributed by atoms with van der Waals surface area (Å²) in [5, 5.41) is 1.21. The Morgan fingerprint density at radius 1 is 1.30 bits per heavy atom. The fraction of sp³-hybridized carbons (Fsp3) is 0.286. The number of rotatable bonds is 0. The van der Waals surface area contributed by atoms with Gasteiger partial charge in [0.2, 0.25) is 0 Å². The monoisotopic (exact) mass is 169 g/mol. The fourth-order valence-electron chi connectivity index (χ4n) is 0.884. The number of pyridine rings is 1. The highest BCUT2D eigenvalue weighted by molar-refractivity contribution is 8.05. The zero-order chi connectivity index (χ0) is 6.81. The molecule has 0 radical (unpaired) electrons.